The van der Waals surface area contributed by atoms with Crippen LogP contribution in [0.1, 0.15) is 80.3 Å². The normalized spacial score (nSPS) is 10.8. The van der Waals surface area contributed by atoms with Crippen LogP contribution in [0.2, 0.25) is 0 Å². The fraction of sp³-hybridized carbons (Fsp3) is 0.583. The lowest BCUT2D eigenvalue weighted by atomic mass is 10.0. The van der Waals surface area contributed by atoms with Crippen molar-refractivity contribution in [1.82, 2.24) is 10.3 Å². The summed E-state index contributed by atoms with van der Waals surface area (Å²) >= 11 is 1.51. The van der Waals surface area contributed by atoms with E-state index in [9.17, 15) is 4.79 Å². The predicted molar refractivity (Wildman–Crippen MR) is 126 cm³/mol. The van der Waals surface area contributed by atoms with Crippen LogP contribution in [0.15, 0.2) is 35.8 Å². The molecule has 30 heavy (non-hydrogen) atoms. The van der Waals surface area contributed by atoms with Crippen LogP contribution in [0.4, 0.5) is 5.00 Å². The van der Waals surface area contributed by atoms with Crippen LogP contribution >= 0.6 is 11.3 Å². The molecule has 6 heteroatoms. The Kier molecular flexibility index (Phi) is 12.9. The number of carbonyl (C=O) groups is 1. The molecule has 2 rings (SSSR count). The van der Waals surface area contributed by atoms with Gasteiger partial charge in [-0.1, -0.05) is 57.4 Å². The van der Waals surface area contributed by atoms with Gasteiger partial charge >= 0.3 is 5.97 Å². The Morgan fingerprint density at radius 1 is 0.967 bits per heavy atom. The van der Waals surface area contributed by atoms with Crippen LogP contribution in [0.25, 0.3) is 0 Å². The van der Waals surface area contributed by atoms with Crippen LogP contribution < -0.4 is 10.6 Å². The molecule has 0 unspecified atom stereocenters. The molecule has 2 N–H and O–H groups in total. The van der Waals surface area contributed by atoms with E-state index in [1.165, 1.54) is 74.8 Å². The van der Waals surface area contributed by atoms with Gasteiger partial charge in [0.1, 0.15) is 11.7 Å². The second-order valence-electron chi connectivity index (χ2n) is 7.60. The highest BCUT2D eigenvalue weighted by Gasteiger charge is 2.12. The average molecular weight is 432 g/mol. The summed E-state index contributed by atoms with van der Waals surface area (Å²) in [4.78, 5) is 16.3. The molecule has 2 aromatic heterocycles. The van der Waals surface area contributed by atoms with E-state index >= 15 is 0 Å². The first-order chi connectivity index (χ1) is 14.8. The number of hydrogen-bond acceptors (Lipinski definition) is 6. The number of anilines is 1. The van der Waals surface area contributed by atoms with Crippen molar-refractivity contribution in [3.8, 4) is 0 Å². The number of thiophene rings is 1. The van der Waals surface area contributed by atoms with E-state index in [1.807, 2.05) is 24.7 Å². The number of aromatic nitrogens is 1. The maximum absolute atomic E-state index is 12.0. The molecular formula is C24H37N3O2S. The van der Waals surface area contributed by atoms with Crippen molar-refractivity contribution in [2.24, 2.45) is 0 Å². The smallest absolute Gasteiger partial charge is 0.342 e. The number of nitrogens with zero attached hydrogens (tertiary/aromatic N) is 1. The van der Waals surface area contributed by atoms with Gasteiger partial charge in [-0.25, -0.2) is 4.79 Å². The van der Waals surface area contributed by atoms with Gasteiger partial charge < -0.3 is 10.1 Å². The second-order valence-corrected chi connectivity index (χ2v) is 8.51. The summed E-state index contributed by atoms with van der Waals surface area (Å²) in [6.07, 6.45) is 15.9. The molecule has 0 aliphatic rings. The van der Waals surface area contributed by atoms with Gasteiger partial charge in [-0.3, -0.25) is 10.3 Å². The largest absolute Gasteiger partial charge is 0.446 e. The summed E-state index contributed by atoms with van der Waals surface area (Å²) in [6, 6.07) is 7.96. The third-order valence-electron chi connectivity index (χ3n) is 5.18. The fourth-order valence-corrected chi connectivity index (χ4v) is 4.18. The molecule has 0 amide bonds. The van der Waals surface area contributed by atoms with E-state index < -0.39 is 0 Å². The minimum absolute atomic E-state index is 0.273. The number of esters is 1. The Labute approximate surface area is 185 Å². The molecule has 166 valence electrons. The maximum Gasteiger partial charge on any atom is 0.342 e. The van der Waals surface area contributed by atoms with Gasteiger partial charge in [0, 0.05) is 18.9 Å². The number of nitrogens with one attached hydrogen (secondary N) is 2. The molecular weight excluding hydrogens is 394 g/mol. The quantitative estimate of drug-likeness (QED) is 0.182. The third-order valence-corrected chi connectivity index (χ3v) is 6.11. The summed E-state index contributed by atoms with van der Waals surface area (Å²) in [7, 11) is 1.81. The monoisotopic (exact) mass is 431 g/mol. The van der Waals surface area contributed by atoms with Crippen LogP contribution in [0, 0.1) is 0 Å². The molecule has 0 aromatic carbocycles. The lowest BCUT2D eigenvalue weighted by molar-refractivity contribution is 0.0474. The van der Waals surface area contributed by atoms with Crippen molar-refractivity contribution in [2.75, 3.05) is 25.6 Å². The van der Waals surface area contributed by atoms with Crippen LogP contribution in [0.3, 0.4) is 0 Å². The SMILES string of the molecule is CNc1sccc1C(=O)OCNCCCCCCCCCCCCc1ccccn1. The molecule has 5 nitrogen and oxygen atoms in total. The van der Waals surface area contributed by atoms with Crippen molar-refractivity contribution in [1.29, 1.82) is 0 Å². The van der Waals surface area contributed by atoms with Gasteiger partial charge in [0.2, 0.25) is 0 Å². The zero-order valence-corrected chi connectivity index (χ0v) is 19.1. The Morgan fingerprint density at radius 2 is 1.67 bits per heavy atom. The summed E-state index contributed by atoms with van der Waals surface area (Å²) in [5.74, 6) is -0.273. The number of pyridine rings is 1. The highest BCUT2D eigenvalue weighted by molar-refractivity contribution is 7.14. The van der Waals surface area contributed by atoms with Crippen molar-refractivity contribution in [2.45, 2.75) is 70.6 Å². The highest BCUT2D eigenvalue weighted by Crippen LogP contribution is 2.22. The summed E-state index contributed by atoms with van der Waals surface area (Å²) in [5.41, 5.74) is 1.83. The molecule has 2 heterocycles. The molecule has 0 saturated heterocycles. The number of hydrogen-bond donors (Lipinski definition) is 2. The van der Waals surface area contributed by atoms with Gasteiger partial charge in [-0.05, 0) is 49.4 Å². The van der Waals surface area contributed by atoms with E-state index in [1.54, 1.807) is 6.07 Å². The van der Waals surface area contributed by atoms with Gasteiger partial charge in [0.05, 0.1) is 5.56 Å². The van der Waals surface area contributed by atoms with Crippen LogP contribution in [0.5, 0.6) is 0 Å². The van der Waals surface area contributed by atoms with Crippen molar-refractivity contribution >= 4 is 22.3 Å². The molecule has 0 bridgehead atoms. The van der Waals surface area contributed by atoms with Gasteiger partial charge in [0.25, 0.3) is 0 Å². The van der Waals surface area contributed by atoms with Crippen molar-refractivity contribution in [3.05, 3.63) is 47.1 Å². The Hall–Kier alpha value is -1.92. The summed E-state index contributed by atoms with van der Waals surface area (Å²) in [6.45, 7) is 1.17. The molecule has 0 fully saturated rings. The Balaban J connectivity index is 1.31. The number of carbonyl (C=O) groups excluding carboxylic acids is 1. The lowest BCUT2D eigenvalue weighted by Gasteiger charge is -2.07. The Bertz CT molecular complexity index is 691. The standard InChI is InChI=1S/C24H37N3O2S/c1-25-23-22(16-19-30-23)24(28)29-20-26-17-12-9-7-5-3-2-4-6-8-10-14-21-15-11-13-18-27-21/h11,13,15-16,18-19,25-26H,2-10,12,14,17,20H2,1H3. The van der Waals surface area contributed by atoms with Crippen molar-refractivity contribution < 1.29 is 9.53 Å². The highest BCUT2D eigenvalue weighted by atomic mass is 32.1. The molecule has 0 aliphatic carbocycles. The minimum atomic E-state index is -0.273. The third kappa shape index (κ3) is 10.2. The minimum Gasteiger partial charge on any atom is -0.446 e. The summed E-state index contributed by atoms with van der Waals surface area (Å²) < 4.78 is 5.27. The maximum atomic E-state index is 12.0. The average Bonchev–Trinajstić information content (AvgIpc) is 3.26. The van der Waals surface area contributed by atoms with E-state index in [0.29, 0.717) is 5.56 Å². The zero-order valence-electron chi connectivity index (χ0n) is 18.3. The van der Waals surface area contributed by atoms with Crippen LogP contribution in [-0.2, 0) is 11.2 Å². The predicted octanol–water partition coefficient (Wildman–Crippen LogP) is 6.03. The molecule has 0 aliphatic heterocycles. The lowest BCUT2D eigenvalue weighted by Crippen LogP contribution is -2.22. The Morgan fingerprint density at radius 3 is 2.33 bits per heavy atom. The molecule has 2 aromatic rings. The van der Waals surface area contributed by atoms with E-state index in [2.05, 4.69) is 27.8 Å². The first-order valence-corrected chi connectivity index (χ1v) is 12.2. The molecule has 0 spiro atoms. The van der Waals surface area contributed by atoms with E-state index in [-0.39, 0.29) is 12.7 Å². The second kappa shape index (κ2) is 15.9. The van der Waals surface area contributed by atoms with Gasteiger partial charge in [-0.15, -0.1) is 11.3 Å². The number of aryl methyl sites for hydroxylation is 1. The van der Waals surface area contributed by atoms with Gasteiger partial charge in [0.15, 0.2) is 0 Å². The molecule has 0 atom stereocenters. The fourth-order valence-electron chi connectivity index (χ4n) is 3.45. The zero-order chi connectivity index (χ0) is 21.3. The van der Waals surface area contributed by atoms with Crippen molar-refractivity contribution in [3.63, 3.8) is 0 Å². The number of rotatable bonds is 17. The summed E-state index contributed by atoms with van der Waals surface area (Å²) in [5, 5.41) is 8.94. The number of ether oxygens (including phenoxy) is 1. The first-order valence-electron chi connectivity index (χ1n) is 11.3. The van der Waals surface area contributed by atoms with E-state index in [0.717, 1.165) is 24.4 Å². The first kappa shape index (κ1) is 24.4. The molecule has 0 radical (unpaired) electrons. The number of unbranched alkanes of at least 4 members (excludes halogenated alkanes) is 9. The van der Waals surface area contributed by atoms with E-state index in [4.69, 9.17) is 4.74 Å². The molecule has 0 saturated carbocycles. The topological polar surface area (TPSA) is 63.2 Å². The van der Waals surface area contributed by atoms with Gasteiger partial charge in [-0.2, -0.15) is 0 Å². The van der Waals surface area contributed by atoms with Crippen LogP contribution in [-0.4, -0.2) is 31.3 Å².